The van der Waals surface area contributed by atoms with Gasteiger partial charge in [0.15, 0.2) is 5.78 Å². The molecule has 0 spiro atoms. The number of benzene rings is 2. The van der Waals surface area contributed by atoms with Crippen LogP contribution in [0.25, 0.3) is 5.70 Å². The molecule has 0 amide bonds. The number of esters is 1. The van der Waals surface area contributed by atoms with Gasteiger partial charge in [0.2, 0.25) is 0 Å². The molecule has 0 radical (unpaired) electrons. The third-order valence-electron chi connectivity index (χ3n) is 4.26. The summed E-state index contributed by atoms with van der Waals surface area (Å²) in [6, 6.07) is 14.6. The van der Waals surface area contributed by atoms with Crippen LogP contribution >= 0.6 is 0 Å². The van der Waals surface area contributed by atoms with Crippen LogP contribution in [0.3, 0.4) is 0 Å². The van der Waals surface area contributed by atoms with Crippen LogP contribution in [-0.4, -0.2) is 24.4 Å². The fourth-order valence-electron chi connectivity index (χ4n) is 3.13. The van der Waals surface area contributed by atoms with Crippen molar-refractivity contribution >= 4 is 17.4 Å². The molecule has 4 nitrogen and oxygen atoms in total. The standard InChI is InChI=1S/C21H21NO3/c1-21(2)13-16-11-15(20(24)25-3)9-10-17(16)18(22-21)12-19(23)14-7-5-4-6-8-14/h4-12,22H,13H2,1-3H3/b18-12-. The topological polar surface area (TPSA) is 55.4 Å². The van der Waals surface area contributed by atoms with Gasteiger partial charge < -0.3 is 10.1 Å². The molecule has 1 aliphatic heterocycles. The summed E-state index contributed by atoms with van der Waals surface area (Å²) in [7, 11) is 1.37. The van der Waals surface area contributed by atoms with Crippen LogP contribution in [0.4, 0.5) is 0 Å². The van der Waals surface area contributed by atoms with Crippen molar-refractivity contribution in [3.05, 3.63) is 76.9 Å². The van der Waals surface area contributed by atoms with Gasteiger partial charge in [0.25, 0.3) is 0 Å². The van der Waals surface area contributed by atoms with Crippen molar-refractivity contribution in [1.82, 2.24) is 5.32 Å². The van der Waals surface area contributed by atoms with Crippen LogP contribution in [0, 0.1) is 0 Å². The zero-order valence-corrected chi connectivity index (χ0v) is 14.6. The third-order valence-corrected chi connectivity index (χ3v) is 4.26. The zero-order valence-electron chi connectivity index (χ0n) is 14.6. The summed E-state index contributed by atoms with van der Waals surface area (Å²) in [5, 5.41) is 3.44. The van der Waals surface area contributed by atoms with Crippen molar-refractivity contribution in [1.29, 1.82) is 0 Å². The minimum atomic E-state index is -0.356. The van der Waals surface area contributed by atoms with Crippen LogP contribution in [0.15, 0.2) is 54.6 Å². The Bertz CT molecular complexity index is 851. The predicted molar refractivity (Wildman–Crippen MR) is 97.4 cm³/mol. The van der Waals surface area contributed by atoms with Crippen molar-refractivity contribution in [3.8, 4) is 0 Å². The van der Waals surface area contributed by atoms with E-state index in [9.17, 15) is 9.59 Å². The minimum absolute atomic E-state index is 0.0520. The molecule has 0 unspecified atom stereocenters. The first-order valence-corrected chi connectivity index (χ1v) is 8.20. The Labute approximate surface area is 147 Å². The fourth-order valence-corrected chi connectivity index (χ4v) is 3.13. The highest BCUT2D eigenvalue weighted by atomic mass is 16.5. The summed E-state index contributed by atoms with van der Waals surface area (Å²) < 4.78 is 4.81. The summed E-state index contributed by atoms with van der Waals surface area (Å²) in [6.45, 7) is 4.14. The quantitative estimate of drug-likeness (QED) is 0.529. The summed E-state index contributed by atoms with van der Waals surface area (Å²) in [5.41, 5.74) is 3.69. The van der Waals surface area contributed by atoms with E-state index in [4.69, 9.17) is 4.74 Å². The normalized spacial score (nSPS) is 16.7. The van der Waals surface area contributed by atoms with Gasteiger partial charge in [0, 0.05) is 28.4 Å². The van der Waals surface area contributed by atoms with Gasteiger partial charge in [0.05, 0.1) is 12.7 Å². The van der Waals surface area contributed by atoms with E-state index in [-0.39, 0.29) is 17.3 Å². The number of methoxy groups -OCH3 is 1. The second-order valence-electron chi connectivity index (χ2n) is 6.84. The smallest absolute Gasteiger partial charge is 0.337 e. The lowest BCUT2D eigenvalue weighted by atomic mass is 9.84. The van der Waals surface area contributed by atoms with Gasteiger partial charge in [-0.15, -0.1) is 0 Å². The van der Waals surface area contributed by atoms with Crippen LogP contribution in [0.2, 0.25) is 0 Å². The van der Waals surface area contributed by atoms with E-state index in [1.807, 2.05) is 30.3 Å². The lowest BCUT2D eigenvalue weighted by Crippen LogP contribution is -2.44. The maximum absolute atomic E-state index is 12.6. The largest absolute Gasteiger partial charge is 0.465 e. The van der Waals surface area contributed by atoms with Gasteiger partial charge >= 0.3 is 5.97 Å². The van der Waals surface area contributed by atoms with E-state index in [2.05, 4.69) is 19.2 Å². The first-order valence-electron chi connectivity index (χ1n) is 8.20. The molecular weight excluding hydrogens is 314 g/mol. The van der Waals surface area contributed by atoms with E-state index in [1.54, 1.807) is 24.3 Å². The monoisotopic (exact) mass is 335 g/mol. The number of allylic oxidation sites excluding steroid dienone is 1. The second kappa shape index (κ2) is 6.55. The number of fused-ring (bicyclic) bond motifs is 1. The Hall–Kier alpha value is -2.88. The number of hydrogen-bond donors (Lipinski definition) is 1. The molecule has 0 bridgehead atoms. The molecule has 1 heterocycles. The van der Waals surface area contributed by atoms with Gasteiger partial charge in [-0.3, -0.25) is 4.79 Å². The SMILES string of the molecule is COC(=O)c1ccc2c(c1)CC(C)(C)N/C2=C\C(=O)c1ccccc1. The van der Waals surface area contributed by atoms with E-state index in [0.29, 0.717) is 11.1 Å². The van der Waals surface area contributed by atoms with Gasteiger partial charge in [-0.05, 0) is 38.0 Å². The van der Waals surface area contributed by atoms with Gasteiger partial charge in [-0.25, -0.2) is 4.79 Å². The number of carbonyl (C=O) groups excluding carboxylic acids is 2. The molecule has 128 valence electrons. The van der Waals surface area contributed by atoms with Crippen molar-refractivity contribution in [2.24, 2.45) is 0 Å². The van der Waals surface area contributed by atoms with Crippen LogP contribution < -0.4 is 5.32 Å². The van der Waals surface area contributed by atoms with Crippen molar-refractivity contribution in [2.75, 3.05) is 7.11 Å². The molecule has 0 aliphatic carbocycles. The molecule has 0 fully saturated rings. The highest BCUT2D eigenvalue weighted by Gasteiger charge is 2.28. The van der Waals surface area contributed by atoms with Gasteiger partial charge in [-0.1, -0.05) is 36.4 Å². The first kappa shape index (κ1) is 17.0. The average molecular weight is 335 g/mol. The minimum Gasteiger partial charge on any atom is -0.465 e. The van der Waals surface area contributed by atoms with Gasteiger partial charge in [0.1, 0.15) is 0 Å². The molecule has 2 aromatic rings. The molecule has 0 saturated heterocycles. The number of carbonyl (C=O) groups is 2. The molecule has 4 heteroatoms. The molecule has 1 N–H and O–H groups in total. The van der Waals surface area contributed by atoms with E-state index < -0.39 is 0 Å². The summed E-state index contributed by atoms with van der Waals surface area (Å²) >= 11 is 0. The Morgan fingerprint density at radius 3 is 2.48 bits per heavy atom. The fraction of sp³-hybridized carbons (Fsp3) is 0.238. The van der Waals surface area contributed by atoms with Crippen LogP contribution in [0.1, 0.15) is 45.7 Å². The number of nitrogens with one attached hydrogen (secondary N) is 1. The van der Waals surface area contributed by atoms with Crippen molar-refractivity contribution in [3.63, 3.8) is 0 Å². The van der Waals surface area contributed by atoms with Crippen LogP contribution in [-0.2, 0) is 11.2 Å². The highest BCUT2D eigenvalue weighted by Crippen LogP contribution is 2.30. The summed E-state index contributed by atoms with van der Waals surface area (Å²) in [6.07, 6.45) is 2.39. The molecule has 0 saturated carbocycles. The number of ether oxygens (including phenoxy) is 1. The Kier molecular flexibility index (Phi) is 4.45. The predicted octanol–water partition coefficient (Wildman–Crippen LogP) is 3.62. The Balaban J connectivity index is 2.03. The maximum Gasteiger partial charge on any atom is 0.337 e. The number of ketones is 1. The third kappa shape index (κ3) is 3.63. The summed E-state index contributed by atoms with van der Waals surface area (Å²) in [5.74, 6) is -0.408. The van der Waals surface area contributed by atoms with Gasteiger partial charge in [-0.2, -0.15) is 0 Å². The molecule has 0 aromatic heterocycles. The first-order chi connectivity index (χ1) is 11.9. The lowest BCUT2D eigenvalue weighted by molar-refractivity contribution is 0.0600. The van der Waals surface area contributed by atoms with E-state index in [1.165, 1.54) is 7.11 Å². The molecular formula is C21H21NO3. The second-order valence-corrected chi connectivity index (χ2v) is 6.84. The van der Waals surface area contributed by atoms with Crippen LogP contribution in [0.5, 0.6) is 0 Å². The van der Waals surface area contributed by atoms with Crippen molar-refractivity contribution in [2.45, 2.75) is 25.8 Å². The molecule has 0 atom stereocenters. The highest BCUT2D eigenvalue weighted by molar-refractivity contribution is 6.08. The van der Waals surface area contributed by atoms with Crippen molar-refractivity contribution < 1.29 is 14.3 Å². The maximum atomic E-state index is 12.6. The number of rotatable bonds is 3. The zero-order chi connectivity index (χ0) is 18.0. The average Bonchev–Trinajstić information content (AvgIpc) is 2.60. The number of hydrogen-bond acceptors (Lipinski definition) is 4. The summed E-state index contributed by atoms with van der Waals surface area (Å²) in [4.78, 5) is 24.4. The van der Waals surface area contributed by atoms with E-state index in [0.717, 1.165) is 23.2 Å². The lowest BCUT2D eigenvalue weighted by Gasteiger charge is -2.35. The molecule has 1 aliphatic rings. The molecule has 25 heavy (non-hydrogen) atoms. The van der Waals surface area contributed by atoms with E-state index >= 15 is 0 Å². The molecule has 2 aromatic carbocycles. The Morgan fingerprint density at radius 2 is 1.80 bits per heavy atom. The Morgan fingerprint density at radius 1 is 1.08 bits per heavy atom. The molecule has 3 rings (SSSR count).